The van der Waals surface area contributed by atoms with Crippen LogP contribution in [0.15, 0.2) is 60.7 Å². The van der Waals surface area contributed by atoms with Gasteiger partial charge in [0, 0.05) is 0 Å². The number of aliphatic hydroxyl groups is 1. The summed E-state index contributed by atoms with van der Waals surface area (Å²) >= 11 is 0. The first kappa shape index (κ1) is 13.8. The quantitative estimate of drug-likeness (QED) is 0.828. The minimum atomic E-state index is -0.532. The van der Waals surface area contributed by atoms with E-state index in [9.17, 15) is 5.11 Å². The van der Waals surface area contributed by atoms with Crippen LogP contribution in [-0.4, -0.2) is 11.7 Å². The van der Waals surface area contributed by atoms with Gasteiger partial charge in [-0.05, 0) is 24.1 Å². The third-order valence-electron chi connectivity index (χ3n) is 3.23. The Morgan fingerprint density at radius 1 is 0.895 bits per heavy atom. The van der Waals surface area contributed by atoms with Crippen LogP contribution >= 0.6 is 0 Å². The molecule has 2 rings (SSSR count). The van der Waals surface area contributed by atoms with E-state index in [4.69, 9.17) is 0 Å². The molecule has 0 aromatic heterocycles. The lowest BCUT2D eigenvalue weighted by Gasteiger charge is -2.25. The van der Waals surface area contributed by atoms with Gasteiger partial charge in [-0.1, -0.05) is 67.6 Å². The molecule has 100 valence electrons. The third-order valence-corrected chi connectivity index (χ3v) is 3.23. The largest absolute Gasteiger partial charge is 0.386 e. The van der Waals surface area contributed by atoms with Crippen molar-refractivity contribution in [2.24, 2.45) is 0 Å². The molecule has 0 unspecified atom stereocenters. The van der Waals surface area contributed by atoms with E-state index in [0.29, 0.717) is 0 Å². The van der Waals surface area contributed by atoms with Gasteiger partial charge in [0.1, 0.15) is 0 Å². The zero-order chi connectivity index (χ0) is 13.5. The highest BCUT2D eigenvalue weighted by atomic mass is 16.3. The van der Waals surface area contributed by atoms with Crippen LogP contribution in [0.3, 0.4) is 0 Å². The average molecular weight is 255 g/mol. The zero-order valence-electron chi connectivity index (χ0n) is 11.3. The van der Waals surface area contributed by atoms with E-state index in [1.807, 2.05) is 48.5 Å². The monoisotopic (exact) mass is 255 g/mol. The number of aliphatic hydroxyl groups excluding tert-OH is 1. The Kier molecular flexibility index (Phi) is 5.13. The van der Waals surface area contributed by atoms with Gasteiger partial charge in [0.25, 0.3) is 0 Å². The van der Waals surface area contributed by atoms with E-state index >= 15 is 0 Å². The van der Waals surface area contributed by atoms with Crippen molar-refractivity contribution in [1.82, 2.24) is 5.32 Å². The van der Waals surface area contributed by atoms with Gasteiger partial charge in [-0.3, -0.25) is 0 Å². The summed E-state index contributed by atoms with van der Waals surface area (Å²) in [4.78, 5) is 0. The maximum atomic E-state index is 10.6. The highest BCUT2D eigenvalue weighted by molar-refractivity contribution is 5.26. The molecule has 0 aliphatic heterocycles. The molecule has 2 heteroatoms. The summed E-state index contributed by atoms with van der Waals surface area (Å²) in [7, 11) is 0. The summed E-state index contributed by atoms with van der Waals surface area (Å²) in [5, 5.41) is 14.0. The molecule has 0 spiro atoms. The molecule has 0 saturated heterocycles. The Balaban J connectivity index is 2.22. The second-order valence-electron chi connectivity index (χ2n) is 4.70. The molecule has 0 saturated carbocycles. The molecule has 0 fully saturated rings. The van der Waals surface area contributed by atoms with Gasteiger partial charge in [-0.2, -0.15) is 0 Å². The van der Waals surface area contributed by atoms with Crippen LogP contribution in [0.5, 0.6) is 0 Å². The molecule has 0 heterocycles. The molecule has 0 aliphatic carbocycles. The second-order valence-corrected chi connectivity index (χ2v) is 4.70. The highest BCUT2D eigenvalue weighted by Gasteiger charge is 2.21. The minimum Gasteiger partial charge on any atom is -0.386 e. The van der Waals surface area contributed by atoms with Crippen LogP contribution in [0.25, 0.3) is 0 Å². The van der Waals surface area contributed by atoms with Crippen molar-refractivity contribution < 1.29 is 5.11 Å². The summed E-state index contributed by atoms with van der Waals surface area (Å²) < 4.78 is 0. The summed E-state index contributed by atoms with van der Waals surface area (Å²) in [6, 6.07) is 19.9. The molecule has 0 bridgehead atoms. The second kappa shape index (κ2) is 7.07. The normalized spacial score (nSPS) is 14.0. The van der Waals surface area contributed by atoms with E-state index in [1.165, 1.54) is 0 Å². The van der Waals surface area contributed by atoms with Crippen LogP contribution in [0.1, 0.15) is 36.6 Å². The van der Waals surface area contributed by atoms with E-state index < -0.39 is 6.10 Å². The van der Waals surface area contributed by atoms with Crippen molar-refractivity contribution in [3.63, 3.8) is 0 Å². The van der Waals surface area contributed by atoms with E-state index in [-0.39, 0.29) is 6.04 Å². The lowest BCUT2D eigenvalue weighted by Crippen LogP contribution is -2.27. The maximum absolute atomic E-state index is 10.6. The first-order valence-corrected chi connectivity index (χ1v) is 6.84. The Labute approximate surface area is 115 Å². The minimum absolute atomic E-state index is 0.0662. The predicted molar refractivity (Wildman–Crippen MR) is 78.9 cm³/mol. The first-order valence-electron chi connectivity index (χ1n) is 6.84. The molecule has 2 nitrogen and oxygen atoms in total. The highest BCUT2D eigenvalue weighted by Crippen LogP contribution is 2.28. The molecule has 2 aromatic carbocycles. The number of hydrogen-bond donors (Lipinski definition) is 2. The van der Waals surface area contributed by atoms with E-state index in [0.717, 1.165) is 24.1 Å². The molecular weight excluding hydrogens is 234 g/mol. The van der Waals surface area contributed by atoms with Gasteiger partial charge in [-0.25, -0.2) is 0 Å². The van der Waals surface area contributed by atoms with Gasteiger partial charge in [0.15, 0.2) is 0 Å². The van der Waals surface area contributed by atoms with E-state index in [2.05, 4.69) is 24.4 Å². The summed E-state index contributed by atoms with van der Waals surface area (Å²) in [6.45, 7) is 3.02. The molecule has 2 atom stereocenters. The molecule has 0 aliphatic rings. The van der Waals surface area contributed by atoms with Gasteiger partial charge in [-0.15, -0.1) is 0 Å². The fraction of sp³-hybridized carbons (Fsp3) is 0.294. The molecule has 2 N–H and O–H groups in total. The lowest BCUT2D eigenvalue weighted by atomic mass is 9.96. The van der Waals surface area contributed by atoms with Crippen LogP contribution in [-0.2, 0) is 0 Å². The Bertz CT molecular complexity index is 469. The fourth-order valence-electron chi connectivity index (χ4n) is 2.21. The van der Waals surface area contributed by atoms with Crippen molar-refractivity contribution in [3.8, 4) is 0 Å². The van der Waals surface area contributed by atoms with Crippen molar-refractivity contribution in [2.45, 2.75) is 25.5 Å². The average Bonchev–Trinajstić information content (AvgIpc) is 2.49. The van der Waals surface area contributed by atoms with Gasteiger partial charge >= 0.3 is 0 Å². The van der Waals surface area contributed by atoms with Crippen molar-refractivity contribution in [1.29, 1.82) is 0 Å². The SMILES string of the molecule is CCCN[C@@H](c1ccccc1)[C@@H](O)c1ccccc1. The Morgan fingerprint density at radius 3 is 1.95 bits per heavy atom. The molecule has 2 aromatic rings. The van der Waals surface area contributed by atoms with Crippen molar-refractivity contribution in [2.75, 3.05) is 6.54 Å². The molecule has 0 radical (unpaired) electrons. The summed E-state index contributed by atoms with van der Waals surface area (Å²) in [5.41, 5.74) is 2.06. The summed E-state index contributed by atoms with van der Waals surface area (Å²) in [6.07, 6.45) is 0.514. The molecular formula is C17H21NO. The number of rotatable bonds is 6. The standard InChI is InChI=1S/C17H21NO/c1-2-13-18-16(14-9-5-3-6-10-14)17(19)15-11-7-4-8-12-15/h3-12,16-19H,2,13H2,1H3/t16-,17-/m0/s1. The number of hydrogen-bond acceptors (Lipinski definition) is 2. The topological polar surface area (TPSA) is 32.3 Å². The predicted octanol–water partition coefficient (Wildman–Crippen LogP) is 3.46. The smallest absolute Gasteiger partial charge is 0.0984 e. The van der Waals surface area contributed by atoms with Gasteiger partial charge in [0.2, 0.25) is 0 Å². The third kappa shape index (κ3) is 3.66. The zero-order valence-corrected chi connectivity index (χ0v) is 11.3. The van der Waals surface area contributed by atoms with Crippen LogP contribution < -0.4 is 5.32 Å². The van der Waals surface area contributed by atoms with Crippen LogP contribution in [0.2, 0.25) is 0 Å². The Morgan fingerprint density at radius 2 is 1.42 bits per heavy atom. The van der Waals surface area contributed by atoms with Crippen molar-refractivity contribution in [3.05, 3.63) is 71.8 Å². The number of nitrogens with one attached hydrogen (secondary N) is 1. The van der Waals surface area contributed by atoms with Crippen LogP contribution in [0, 0.1) is 0 Å². The number of benzene rings is 2. The van der Waals surface area contributed by atoms with Gasteiger partial charge in [0.05, 0.1) is 12.1 Å². The maximum Gasteiger partial charge on any atom is 0.0984 e. The van der Waals surface area contributed by atoms with E-state index in [1.54, 1.807) is 0 Å². The molecule has 19 heavy (non-hydrogen) atoms. The Hall–Kier alpha value is -1.64. The van der Waals surface area contributed by atoms with Crippen molar-refractivity contribution >= 4 is 0 Å². The van der Waals surface area contributed by atoms with Crippen LogP contribution in [0.4, 0.5) is 0 Å². The first-order chi connectivity index (χ1) is 9.33. The fourth-order valence-corrected chi connectivity index (χ4v) is 2.21. The van der Waals surface area contributed by atoms with Gasteiger partial charge < -0.3 is 10.4 Å². The molecule has 0 amide bonds. The summed E-state index contributed by atoms with van der Waals surface area (Å²) in [5.74, 6) is 0. The lowest BCUT2D eigenvalue weighted by molar-refractivity contribution is 0.129.